The second-order valence-corrected chi connectivity index (χ2v) is 14.0. The molecule has 1 heterocycles. The van der Waals surface area contributed by atoms with Gasteiger partial charge < -0.3 is 4.90 Å². The topological polar surface area (TPSA) is 3.24 Å². The van der Waals surface area contributed by atoms with Gasteiger partial charge in [-0.3, -0.25) is 0 Å². The van der Waals surface area contributed by atoms with Crippen molar-refractivity contribution in [3.63, 3.8) is 0 Å². The van der Waals surface area contributed by atoms with Crippen LogP contribution in [0.4, 0.5) is 17.1 Å². The second kappa shape index (κ2) is 11.7. The summed E-state index contributed by atoms with van der Waals surface area (Å²) in [4.78, 5) is 2.39. The molecule has 0 aliphatic heterocycles. The average Bonchev–Trinajstić information content (AvgIpc) is 3.57. The fourth-order valence-corrected chi connectivity index (χ4v) is 8.86. The Labute approximate surface area is 294 Å². The van der Waals surface area contributed by atoms with Gasteiger partial charge in [-0.1, -0.05) is 146 Å². The Morgan fingerprint density at radius 1 is 0.320 bits per heavy atom. The lowest BCUT2D eigenvalue weighted by atomic mass is 9.96. The third-order valence-electron chi connectivity index (χ3n) is 10.0. The van der Waals surface area contributed by atoms with E-state index in [9.17, 15) is 0 Å². The Morgan fingerprint density at radius 2 is 0.940 bits per heavy atom. The van der Waals surface area contributed by atoms with Crippen LogP contribution >= 0.6 is 11.3 Å². The number of rotatable bonds is 5. The third kappa shape index (κ3) is 4.76. The van der Waals surface area contributed by atoms with Crippen LogP contribution in [0.25, 0.3) is 74.7 Å². The van der Waals surface area contributed by atoms with E-state index in [0.717, 1.165) is 17.1 Å². The largest absolute Gasteiger partial charge is 0.310 e. The van der Waals surface area contributed by atoms with Crippen molar-refractivity contribution in [2.45, 2.75) is 0 Å². The Bertz CT molecular complexity index is 2870. The molecule has 0 bridgehead atoms. The predicted molar refractivity (Wildman–Crippen MR) is 217 cm³/mol. The van der Waals surface area contributed by atoms with Gasteiger partial charge in [-0.25, -0.2) is 0 Å². The number of nitrogens with zero attached hydrogens (tertiary/aromatic N) is 1. The normalized spacial score (nSPS) is 11.6. The molecule has 0 fully saturated rings. The lowest BCUT2D eigenvalue weighted by Gasteiger charge is -2.27. The average molecular weight is 654 g/mol. The minimum absolute atomic E-state index is 1.12. The summed E-state index contributed by atoms with van der Waals surface area (Å²) < 4.78 is 2.66. The molecule has 0 unspecified atom stereocenters. The van der Waals surface area contributed by atoms with Gasteiger partial charge in [-0.2, -0.15) is 0 Å². The van der Waals surface area contributed by atoms with Crippen molar-refractivity contribution in [3.8, 4) is 22.3 Å². The minimum Gasteiger partial charge on any atom is -0.310 e. The monoisotopic (exact) mass is 653 g/mol. The Morgan fingerprint density at radius 3 is 1.80 bits per heavy atom. The molecule has 0 spiro atoms. The first-order valence-electron chi connectivity index (χ1n) is 17.1. The van der Waals surface area contributed by atoms with E-state index >= 15 is 0 Å². The van der Waals surface area contributed by atoms with Gasteiger partial charge >= 0.3 is 0 Å². The lowest BCUT2D eigenvalue weighted by Crippen LogP contribution is -2.10. The van der Waals surface area contributed by atoms with Crippen molar-refractivity contribution >= 4 is 80.9 Å². The van der Waals surface area contributed by atoms with Gasteiger partial charge in [0.25, 0.3) is 0 Å². The molecule has 9 aromatic carbocycles. The molecule has 234 valence electrons. The summed E-state index contributed by atoms with van der Waals surface area (Å²) in [6.07, 6.45) is 0. The van der Waals surface area contributed by atoms with Gasteiger partial charge in [0.1, 0.15) is 0 Å². The molecule has 0 saturated carbocycles. The van der Waals surface area contributed by atoms with E-state index < -0.39 is 0 Å². The molecule has 0 aliphatic carbocycles. The van der Waals surface area contributed by atoms with Crippen LogP contribution in [-0.4, -0.2) is 0 Å². The highest BCUT2D eigenvalue weighted by Crippen LogP contribution is 2.43. The molecule has 0 saturated heterocycles. The molecule has 1 aromatic heterocycles. The fourth-order valence-electron chi connectivity index (χ4n) is 7.62. The van der Waals surface area contributed by atoms with E-state index in [1.807, 2.05) is 11.3 Å². The van der Waals surface area contributed by atoms with Crippen molar-refractivity contribution < 1.29 is 0 Å². The molecular weight excluding hydrogens is 623 g/mol. The van der Waals surface area contributed by atoms with Gasteiger partial charge in [-0.05, 0) is 97.0 Å². The zero-order valence-electron chi connectivity index (χ0n) is 27.3. The first-order valence-corrected chi connectivity index (χ1v) is 17.9. The highest BCUT2D eigenvalue weighted by atomic mass is 32.1. The van der Waals surface area contributed by atoms with Gasteiger partial charge in [0.2, 0.25) is 0 Å². The summed E-state index contributed by atoms with van der Waals surface area (Å²) in [6.45, 7) is 0. The summed E-state index contributed by atoms with van der Waals surface area (Å²) in [6, 6.07) is 68.7. The van der Waals surface area contributed by atoms with E-state index in [1.165, 1.54) is 74.7 Å². The van der Waals surface area contributed by atoms with E-state index in [2.05, 4.69) is 193 Å². The zero-order chi connectivity index (χ0) is 33.0. The van der Waals surface area contributed by atoms with Gasteiger partial charge in [0.05, 0.1) is 0 Å². The van der Waals surface area contributed by atoms with E-state index in [4.69, 9.17) is 0 Å². The summed E-state index contributed by atoms with van der Waals surface area (Å²) in [7, 11) is 0. The molecule has 50 heavy (non-hydrogen) atoms. The molecule has 10 aromatic rings. The van der Waals surface area contributed by atoms with Crippen LogP contribution in [0.1, 0.15) is 0 Å². The molecule has 0 aliphatic rings. The molecular formula is C48H31NS. The fraction of sp³-hybridized carbons (Fsp3) is 0. The van der Waals surface area contributed by atoms with E-state index in [1.54, 1.807) is 0 Å². The summed E-state index contributed by atoms with van der Waals surface area (Å²) in [5.74, 6) is 0. The summed E-state index contributed by atoms with van der Waals surface area (Å²) in [5.41, 5.74) is 8.27. The van der Waals surface area contributed by atoms with Crippen LogP contribution in [0.5, 0.6) is 0 Å². The van der Waals surface area contributed by atoms with Crippen molar-refractivity contribution in [1.29, 1.82) is 0 Å². The van der Waals surface area contributed by atoms with E-state index in [-0.39, 0.29) is 0 Å². The maximum atomic E-state index is 2.39. The molecule has 10 rings (SSSR count). The molecule has 0 atom stereocenters. The maximum absolute atomic E-state index is 2.39. The summed E-state index contributed by atoms with van der Waals surface area (Å²) in [5, 5.41) is 10.3. The van der Waals surface area contributed by atoms with Gasteiger partial charge in [-0.15, -0.1) is 11.3 Å². The zero-order valence-corrected chi connectivity index (χ0v) is 28.1. The van der Waals surface area contributed by atoms with Crippen molar-refractivity contribution in [1.82, 2.24) is 0 Å². The number of hydrogen-bond donors (Lipinski definition) is 0. The number of benzene rings is 9. The van der Waals surface area contributed by atoms with Crippen LogP contribution in [0, 0.1) is 0 Å². The first-order chi connectivity index (χ1) is 24.8. The first kappa shape index (κ1) is 28.8. The Balaban J connectivity index is 1.12. The van der Waals surface area contributed by atoms with Crippen LogP contribution in [0.15, 0.2) is 188 Å². The highest BCUT2D eigenvalue weighted by Gasteiger charge is 2.16. The molecule has 0 radical (unpaired) electrons. The standard InChI is InChI=1S/C48H31NS/c1-2-10-32(11-3-1)35-13-8-14-38(30-35)49(39-26-29-41-36(31-39)23-28-43-40-15-5-4-12-33(40)22-27-44(41)43)37-24-20-34(21-25-37)42-17-9-18-46-45-16-6-7-19-47(45)50-48(42)46/h1-31H. The lowest BCUT2D eigenvalue weighted by molar-refractivity contribution is 1.29. The molecule has 0 N–H and O–H groups in total. The number of thiophene rings is 1. The number of hydrogen-bond acceptors (Lipinski definition) is 2. The van der Waals surface area contributed by atoms with Gasteiger partial charge in [0.15, 0.2) is 0 Å². The van der Waals surface area contributed by atoms with Crippen molar-refractivity contribution in [3.05, 3.63) is 188 Å². The number of fused-ring (bicyclic) bond motifs is 8. The molecule has 2 heteroatoms. The Kier molecular flexibility index (Phi) is 6.75. The smallest absolute Gasteiger partial charge is 0.0468 e. The van der Waals surface area contributed by atoms with Crippen LogP contribution in [0.2, 0.25) is 0 Å². The SMILES string of the molecule is c1ccc(-c2cccc(N(c3ccc(-c4cccc5c4sc4ccccc45)cc3)c3ccc4c(ccc5c6ccccc6ccc45)c3)c2)cc1. The van der Waals surface area contributed by atoms with Crippen LogP contribution in [-0.2, 0) is 0 Å². The Hall–Kier alpha value is -6.22. The molecule has 0 amide bonds. The van der Waals surface area contributed by atoms with Crippen LogP contribution < -0.4 is 4.90 Å². The van der Waals surface area contributed by atoms with E-state index in [0.29, 0.717) is 0 Å². The predicted octanol–water partition coefficient (Wildman–Crippen LogP) is 14.3. The quantitative estimate of drug-likeness (QED) is 0.167. The van der Waals surface area contributed by atoms with Crippen LogP contribution in [0.3, 0.4) is 0 Å². The number of anilines is 3. The molecule has 1 nitrogen and oxygen atoms in total. The second-order valence-electron chi connectivity index (χ2n) is 12.9. The summed E-state index contributed by atoms with van der Waals surface area (Å²) >= 11 is 1.88. The minimum atomic E-state index is 1.12. The highest BCUT2D eigenvalue weighted by molar-refractivity contribution is 7.26. The maximum Gasteiger partial charge on any atom is 0.0468 e. The van der Waals surface area contributed by atoms with Crippen molar-refractivity contribution in [2.24, 2.45) is 0 Å². The van der Waals surface area contributed by atoms with Crippen molar-refractivity contribution in [2.75, 3.05) is 4.90 Å². The third-order valence-corrected chi connectivity index (χ3v) is 11.3. The van der Waals surface area contributed by atoms with Gasteiger partial charge in [0, 0.05) is 37.2 Å².